The van der Waals surface area contributed by atoms with Gasteiger partial charge in [-0.15, -0.1) is 0 Å². The molecule has 0 heterocycles. The lowest BCUT2D eigenvalue weighted by atomic mass is 10.0. The van der Waals surface area contributed by atoms with Crippen LogP contribution in [0, 0.1) is 0 Å². The predicted octanol–water partition coefficient (Wildman–Crippen LogP) is 19.2. The van der Waals surface area contributed by atoms with E-state index in [-0.39, 0.29) is 37.5 Å². The van der Waals surface area contributed by atoms with E-state index in [1.165, 1.54) is 193 Å². The van der Waals surface area contributed by atoms with Crippen LogP contribution in [-0.2, 0) is 28.6 Å². The quantitative estimate of drug-likeness (QED) is 0.0262. The lowest BCUT2D eigenvalue weighted by Crippen LogP contribution is -2.30. The van der Waals surface area contributed by atoms with Gasteiger partial charge in [-0.05, 0) is 32.1 Å². The Morgan fingerprint density at radius 1 is 0.313 bits per heavy atom. The number of ether oxygens (including phenoxy) is 3. The third kappa shape index (κ3) is 53.9. The average molecular weight is 938 g/mol. The number of allylic oxidation sites excluding steroid dienone is 10. The summed E-state index contributed by atoms with van der Waals surface area (Å²) in [6.45, 7) is 6.47. The second kappa shape index (κ2) is 55.7. The minimum Gasteiger partial charge on any atom is -0.462 e. The normalized spacial score (nSPS) is 12.5. The van der Waals surface area contributed by atoms with E-state index in [0.717, 1.165) is 51.4 Å². The minimum atomic E-state index is -0.799. The molecule has 0 N–H and O–H groups in total. The highest BCUT2D eigenvalue weighted by molar-refractivity contribution is 5.71. The van der Waals surface area contributed by atoms with E-state index in [2.05, 4.69) is 26.8 Å². The number of esters is 3. The van der Waals surface area contributed by atoms with Crippen molar-refractivity contribution in [3.05, 3.63) is 60.8 Å². The first-order chi connectivity index (χ1) is 33.0. The maximum absolute atomic E-state index is 12.8. The number of hydrogen-bond donors (Lipinski definition) is 0. The molecule has 0 aliphatic rings. The summed E-state index contributed by atoms with van der Waals surface area (Å²) in [5, 5.41) is 0. The molecule has 0 spiro atoms. The smallest absolute Gasteiger partial charge is 0.306 e. The Balaban J connectivity index is 4.37. The van der Waals surface area contributed by atoms with Crippen molar-refractivity contribution in [2.75, 3.05) is 13.2 Å². The highest BCUT2D eigenvalue weighted by Gasteiger charge is 2.19. The molecule has 0 aliphatic heterocycles. The van der Waals surface area contributed by atoms with Gasteiger partial charge < -0.3 is 14.2 Å². The molecular weight excluding hydrogens is 829 g/mol. The van der Waals surface area contributed by atoms with E-state index >= 15 is 0 Å². The topological polar surface area (TPSA) is 78.9 Å². The number of unbranched alkanes of at least 4 members (excludes halogenated alkanes) is 35. The Bertz CT molecular complexity index is 1210. The van der Waals surface area contributed by atoms with E-state index in [1.807, 2.05) is 54.7 Å². The number of hydrogen-bond acceptors (Lipinski definition) is 6. The fourth-order valence-electron chi connectivity index (χ4n) is 8.36. The third-order valence-electron chi connectivity index (χ3n) is 12.7. The van der Waals surface area contributed by atoms with Gasteiger partial charge in [-0.3, -0.25) is 14.4 Å². The first kappa shape index (κ1) is 64.1. The van der Waals surface area contributed by atoms with Crippen molar-refractivity contribution < 1.29 is 28.6 Å². The maximum atomic E-state index is 12.8. The third-order valence-corrected chi connectivity index (χ3v) is 12.7. The number of rotatable bonds is 52. The van der Waals surface area contributed by atoms with Gasteiger partial charge in [0, 0.05) is 19.3 Å². The van der Waals surface area contributed by atoms with Crippen molar-refractivity contribution in [2.45, 2.75) is 297 Å². The fraction of sp³-hybridized carbons (Fsp3) is 0.787. The predicted molar refractivity (Wildman–Crippen MR) is 288 cm³/mol. The Hall–Kier alpha value is -2.89. The lowest BCUT2D eigenvalue weighted by molar-refractivity contribution is -0.167. The van der Waals surface area contributed by atoms with Crippen molar-refractivity contribution in [1.82, 2.24) is 0 Å². The monoisotopic (exact) mass is 937 g/mol. The van der Waals surface area contributed by atoms with Crippen LogP contribution >= 0.6 is 0 Å². The first-order valence-corrected chi connectivity index (χ1v) is 28.9. The van der Waals surface area contributed by atoms with E-state index < -0.39 is 6.10 Å². The molecule has 1 unspecified atom stereocenters. The van der Waals surface area contributed by atoms with Gasteiger partial charge in [-0.1, -0.05) is 300 Å². The number of carbonyl (C=O) groups is 3. The minimum absolute atomic E-state index is 0.0925. The highest BCUT2D eigenvalue weighted by Crippen LogP contribution is 2.17. The lowest BCUT2D eigenvalue weighted by Gasteiger charge is -2.18. The fourth-order valence-corrected chi connectivity index (χ4v) is 8.36. The van der Waals surface area contributed by atoms with Crippen LogP contribution in [0.4, 0.5) is 0 Å². The van der Waals surface area contributed by atoms with Crippen molar-refractivity contribution in [3.63, 3.8) is 0 Å². The Morgan fingerprint density at radius 3 is 0.910 bits per heavy atom. The molecule has 0 radical (unpaired) electrons. The Kier molecular flexibility index (Phi) is 53.3. The molecule has 0 amide bonds. The molecule has 1 atom stereocenters. The molecule has 0 aromatic carbocycles. The van der Waals surface area contributed by atoms with Gasteiger partial charge in [0.05, 0.1) is 0 Å². The van der Waals surface area contributed by atoms with Crippen LogP contribution in [-0.4, -0.2) is 37.2 Å². The molecule has 0 bridgehead atoms. The van der Waals surface area contributed by atoms with Crippen molar-refractivity contribution in [1.29, 1.82) is 0 Å². The summed E-state index contributed by atoms with van der Waals surface area (Å²) in [7, 11) is 0. The van der Waals surface area contributed by atoms with Crippen LogP contribution in [0.2, 0.25) is 0 Å². The second-order valence-corrected chi connectivity index (χ2v) is 19.3. The van der Waals surface area contributed by atoms with Crippen molar-refractivity contribution in [2.24, 2.45) is 0 Å². The molecule has 388 valence electrons. The molecule has 6 nitrogen and oxygen atoms in total. The SMILES string of the molecule is CC/C=C/C=C/C=C/C=C/C=C/CCCC(=O)OCC(COC(=O)CCCCCCCCCCCCCCCCCCCCC)OC(=O)CCCCCCCCCCCCCCCCCCC. The average Bonchev–Trinajstić information content (AvgIpc) is 3.33. The summed E-state index contributed by atoms with van der Waals surface area (Å²) >= 11 is 0. The first-order valence-electron chi connectivity index (χ1n) is 28.9. The van der Waals surface area contributed by atoms with Crippen molar-refractivity contribution in [3.8, 4) is 0 Å². The molecule has 0 aromatic rings. The molecule has 0 aromatic heterocycles. The summed E-state index contributed by atoms with van der Waals surface area (Å²) in [6.07, 6.45) is 69.4. The summed E-state index contributed by atoms with van der Waals surface area (Å²) < 4.78 is 16.8. The largest absolute Gasteiger partial charge is 0.462 e. The molecule has 67 heavy (non-hydrogen) atoms. The summed E-state index contributed by atoms with van der Waals surface area (Å²) in [5.74, 6) is -0.955. The van der Waals surface area contributed by atoms with Gasteiger partial charge in [0.2, 0.25) is 0 Å². The maximum Gasteiger partial charge on any atom is 0.306 e. The summed E-state index contributed by atoms with van der Waals surface area (Å²) in [4.78, 5) is 38.1. The van der Waals surface area contributed by atoms with Crippen molar-refractivity contribution >= 4 is 17.9 Å². The molecule has 0 saturated heterocycles. The molecule has 0 fully saturated rings. The van der Waals surface area contributed by atoms with E-state index in [4.69, 9.17) is 14.2 Å². The molecule has 6 heteroatoms. The molecule has 0 saturated carbocycles. The van der Waals surface area contributed by atoms with Gasteiger partial charge >= 0.3 is 17.9 Å². The zero-order chi connectivity index (χ0) is 48.6. The van der Waals surface area contributed by atoms with Gasteiger partial charge in [0.1, 0.15) is 13.2 Å². The van der Waals surface area contributed by atoms with Gasteiger partial charge in [0.15, 0.2) is 6.10 Å². The van der Waals surface area contributed by atoms with E-state index in [0.29, 0.717) is 19.3 Å². The second-order valence-electron chi connectivity index (χ2n) is 19.3. The standard InChI is InChI=1S/C61H108O6/c1-4-7-10-13-16-19-22-25-27-29-30-32-33-36-39-42-45-48-51-54-60(63)66-57-58(56-65-59(62)53-50-47-44-41-38-35-24-21-18-15-12-9-6-3)67-61(64)55-52-49-46-43-40-37-34-31-28-26-23-20-17-14-11-8-5-2/h9,12,15,18,21,24,35,38,41,44,58H,4-8,10-11,13-14,16-17,19-20,22-23,25-34,36-37,39-40,42-43,45-57H2,1-3H3/b12-9+,18-15+,24-21+,38-35+,44-41+. The molecular formula is C61H108O6. The Morgan fingerprint density at radius 2 is 0.582 bits per heavy atom. The van der Waals surface area contributed by atoms with Gasteiger partial charge in [-0.2, -0.15) is 0 Å². The van der Waals surface area contributed by atoms with Crippen LogP contribution in [0.3, 0.4) is 0 Å². The van der Waals surface area contributed by atoms with Crippen LogP contribution in [0.5, 0.6) is 0 Å². The number of carbonyl (C=O) groups excluding carboxylic acids is 3. The molecule has 0 aliphatic carbocycles. The van der Waals surface area contributed by atoms with Gasteiger partial charge in [0.25, 0.3) is 0 Å². The van der Waals surface area contributed by atoms with E-state index in [1.54, 1.807) is 0 Å². The van der Waals surface area contributed by atoms with E-state index in [9.17, 15) is 14.4 Å². The van der Waals surface area contributed by atoms with Crippen LogP contribution in [0.15, 0.2) is 60.8 Å². The van der Waals surface area contributed by atoms with Crippen LogP contribution in [0.1, 0.15) is 290 Å². The van der Waals surface area contributed by atoms with Crippen LogP contribution in [0.25, 0.3) is 0 Å². The zero-order valence-corrected chi connectivity index (χ0v) is 44.4. The Labute approximate surface area is 415 Å². The van der Waals surface area contributed by atoms with Gasteiger partial charge in [-0.25, -0.2) is 0 Å². The zero-order valence-electron chi connectivity index (χ0n) is 44.4. The highest BCUT2D eigenvalue weighted by atomic mass is 16.6. The summed E-state index contributed by atoms with van der Waals surface area (Å²) in [5.41, 5.74) is 0. The molecule has 0 rings (SSSR count). The van der Waals surface area contributed by atoms with Crippen LogP contribution < -0.4 is 0 Å². The summed E-state index contributed by atoms with van der Waals surface area (Å²) in [6, 6.07) is 0.